The van der Waals surface area contributed by atoms with E-state index >= 15 is 0 Å². The molecule has 0 aromatic rings. The summed E-state index contributed by atoms with van der Waals surface area (Å²) in [4.78, 5) is 24.3. The van der Waals surface area contributed by atoms with Gasteiger partial charge in [-0.2, -0.15) is 0 Å². The van der Waals surface area contributed by atoms with Gasteiger partial charge in [0.05, 0.1) is 0 Å². The third-order valence-electron chi connectivity index (χ3n) is 2.54. The molecule has 0 spiro atoms. The van der Waals surface area contributed by atoms with Crippen LogP contribution in [-0.4, -0.2) is 42.6 Å². The minimum absolute atomic E-state index is 0.0227. The van der Waals surface area contributed by atoms with Crippen LogP contribution in [-0.2, 0) is 9.53 Å². The SMILES string of the molecule is C=CCOC(=O)N1CCCC(NC(=O)C=C)C1. The molecule has 17 heavy (non-hydrogen) atoms. The highest BCUT2D eigenvalue weighted by Gasteiger charge is 2.24. The molecule has 0 saturated carbocycles. The molecule has 1 saturated heterocycles. The van der Waals surface area contributed by atoms with Crippen molar-refractivity contribution < 1.29 is 14.3 Å². The molecular formula is C12H18N2O3. The Hall–Kier alpha value is -1.78. The number of amides is 2. The summed E-state index contributed by atoms with van der Waals surface area (Å²) in [7, 11) is 0. The lowest BCUT2D eigenvalue weighted by molar-refractivity contribution is -0.117. The van der Waals surface area contributed by atoms with E-state index in [2.05, 4.69) is 18.5 Å². The van der Waals surface area contributed by atoms with Gasteiger partial charge in [-0.05, 0) is 18.9 Å². The summed E-state index contributed by atoms with van der Waals surface area (Å²) in [5, 5.41) is 2.78. The van der Waals surface area contributed by atoms with Crippen molar-refractivity contribution in [2.75, 3.05) is 19.7 Å². The van der Waals surface area contributed by atoms with E-state index < -0.39 is 0 Å². The number of piperidine rings is 1. The topological polar surface area (TPSA) is 58.6 Å². The van der Waals surface area contributed by atoms with E-state index in [1.807, 2.05) is 0 Å². The minimum Gasteiger partial charge on any atom is -0.445 e. The lowest BCUT2D eigenvalue weighted by atomic mass is 10.1. The number of hydrogen-bond donors (Lipinski definition) is 1. The zero-order chi connectivity index (χ0) is 12.7. The van der Waals surface area contributed by atoms with Gasteiger partial charge in [0.1, 0.15) is 6.61 Å². The summed E-state index contributed by atoms with van der Waals surface area (Å²) in [5.41, 5.74) is 0. The van der Waals surface area contributed by atoms with E-state index in [0.717, 1.165) is 12.8 Å². The second-order valence-corrected chi connectivity index (χ2v) is 3.86. The molecule has 1 rings (SSSR count). The van der Waals surface area contributed by atoms with Crippen molar-refractivity contribution in [1.29, 1.82) is 0 Å². The van der Waals surface area contributed by atoms with E-state index in [9.17, 15) is 9.59 Å². The quantitative estimate of drug-likeness (QED) is 0.589. The molecule has 1 aliphatic rings. The number of carbonyl (C=O) groups excluding carboxylic acids is 2. The molecular weight excluding hydrogens is 220 g/mol. The molecule has 1 fully saturated rings. The van der Waals surface area contributed by atoms with Crippen molar-refractivity contribution >= 4 is 12.0 Å². The fraction of sp³-hybridized carbons (Fsp3) is 0.500. The van der Waals surface area contributed by atoms with Crippen molar-refractivity contribution in [3.05, 3.63) is 25.3 Å². The van der Waals surface area contributed by atoms with Gasteiger partial charge in [0, 0.05) is 19.1 Å². The molecule has 94 valence electrons. The van der Waals surface area contributed by atoms with E-state index in [4.69, 9.17) is 4.74 Å². The maximum Gasteiger partial charge on any atom is 0.410 e. The normalized spacial score (nSPS) is 19.3. The highest BCUT2D eigenvalue weighted by Crippen LogP contribution is 2.11. The van der Waals surface area contributed by atoms with E-state index in [1.165, 1.54) is 12.2 Å². The molecule has 0 bridgehead atoms. The Morgan fingerprint density at radius 3 is 2.88 bits per heavy atom. The maximum absolute atomic E-state index is 11.6. The Balaban J connectivity index is 2.42. The molecule has 1 atom stereocenters. The van der Waals surface area contributed by atoms with Gasteiger partial charge in [-0.25, -0.2) is 4.79 Å². The highest BCUT2D eigenvalue weighted by molar-refractivity contribution is 5.87. The Bertz CT molecular complexity index is 315. The smallest absolute Gasteiger partial charge is 0.410 e. The predicted molar refractivity (Wildman–Crippen MR) is 64.5 cm³/mol. The van der Waals surface area contributed by atoms with Gasteiger partial charge in [0.15, 0.2) is 0 Å². The van der Waals surface area contributed by atoms with Crippen LogP contribution in [0.3, 0.4) is 0 Å². The second kappa shape index (κ2) is 6.73. The molecule has 0 aliphatic carbocycles. The van der Waals surface area contributed by atoms with Gasteiger partial charge >= 0.3 is 6.09 Å². The standard InChI is InChI=1S/C12H18N2O3/c1-3-8-17-12(16)14-7-5-6-10(9-14)13-11(15)4-2/h3-4,10H,1-2,5-9H2,(H,13,15). The first-order valence-electron chi connectivity index (χ1n) is 5.63. The zero-order valence-corrected chi connectivity index (χ0v) is 9.85. The fourth-order valence-corrected chi connectivity index (χ4v) is 1.74. The van der Waals surface area contributed by atoms with Crippen LogP contribution in [0.25, 0.3) is 0 Å². The number of hydrogen-bond acceptors (Lipinski definition) is 3. The molecule has 1 N–H and O–H groups in total. The summed E-state index contributed by atoms with van der Waals surface area (Å²) in [6.45, 7) is 8.22. The molecule has 1 unspecified atom stereocenters. The average molecular weight is 238 g/mol. The van der Waals surface area contributed by atoms with E-state index in [1.54, 1.807) is 4.90 Å². The number of nitrogens with zero attached hydrogens (tertiary/aromatic N) is 1. The largest absolute Gasteiger partial charge is 0.445 e. The van der Waals surface area contributed by atoms with Gasteiger partial charge in [-0.3, -0.25) is 4.79 Å². The van der Waals surface area contributed by atoms with Crippen LogP contribution in [0.5, 0.6) is 0 Å². The molecule has 1 heterocycles. The van der Waals surface area contributed by atoms with Crippen molar-refractivity contribution in [2.45, 2.75) is 18.9 Å². The van der Waals surface area contributed by atoms with Crippen LogP contribution in [0.2, 0.25) is 0 Å². The highest BCUT2D eigenvalue weighted by atomic mass is 16.6. The first-order valence-corrected chi connectivity index (χ1v) is 5.63. The van der Waals surface area contributed by atoms with Crippen LogP contribution >= 0.6 is 0 Å². The van der Waals surface area contributed by atoms with Crippen LogP contribution in [0.1, 0.15) is 12.8 Å². The van der Waals surface area contributed by atoms with E-state index in [0.29, 0.717) is 13.1 Å². The van der Waals surface area contributed by atoms with E-state index in [-0.39, 0.29) is 24.6 Å². The van der Waals surface area contributed by atoms with Gasteiger partial charge in [-0.1, -0.05) is 19.2 Å². The first kappa shape index (κ1) is 13.3. The van der Waals surface area contributed by atoms with Crippen molar-refractivity contribution in [2.24, 2.45) is 0 Å². The van der Waals surface area contributed by atoms with Crippen LogP contribution in [0.4, 0.5) is 4.79 Å². The van der Waals surface area contributed by atoms with Crippen LogP contribution < -0.4 is 5.32 Å². The summed E-state index contributed by atoms with van der Waals surface area (Å²) in [6, 6.07) is -0.0227. The predicted octanol–water partition coefficient (Wildman–Crippen LogP) is 1.08. The second-order valence-electron chi connectivity index (χ2n) is 3.86. The number of ether oxygens (including phenoxy) is 1. The zero-order valence-electron chi connectivity index (χ0n) is 9.85. The summed E-state index contributed by atoms with van der Waals surface area (Å²) in [6.07, 6.45) is 4.12. The third kappa shape index (κ3) is 4.30. The number of carbonyl (C=O) groups is 2. The monoisotopic (exact) mass is 238 g/mol. The third-order valence-corrected chi connectivity index (χ3v) is 2.54. The minimum atomic E-state index is -0.359. The number of likely N-dealkylation sites (tertiary alicyclic amines) is 1. The fourth-order valence-electron chi connectivity index (χ4n) is 1.74. The Morgan fingerprint density at radius 1 is 1.47 bits per heavy atom. The van der Waals surface area contributed by atoms with Crippen LogP contribution in [0.15, 0.2) is 25.3 Å². The van der Waals surface area contributed by atoms with Gasteiger partial charge in [-0.15, -0.1) is 0 Å². The maximum atomic E-state index is 11.6. The lowest BCUT2D eigenvalue weighted by Crippen LogP contribution is -2.49. The number of nitrogens with one attached hydrogen (secondary N) is 1. The molecule has 1 aliphatic heterocycles. The Labute approximate surface area is 101 Å². The first-order chi connectivity index (χ1) is 8.17. The summed E-state index contributed by atoms with van der Waals surface area (Å²) >= 11 is 0. The molecule has 5 nitrogen and oxygen atoms in total. The van der Waals surface area contributed by atoms with Gasteiger partial charge < -0.3 is 15.0 Å². The van der Waals surface area contributed by atoms with Gasteiger partial charge in [0.2, 0.25) is 5.91 Å². The summed E-state index contributed by atoms with van der Waals surface area (Å²) < 4.78 is 4.95. The lowest BCUT2D eigenvalue weighted by Gasteiger charge is -2.32. The molecule has 0 radical (unpaired) electrons. The number of rotatable bonds is 4. The Kier molecular flexibility index (Phi) is 5.26. The van der Waals surface area contributed by atoms with Crippen molar-refractivity contribution in [3.8, 4) is 0 Å². The van der Waals surface area contributed by atoms with Gasteiger partial charge in [0.25, 0.3) is 0 Å². The molecule has 0 aromatic heterocycles. The molecule has 2 amide bonds. The van der Waals surface area contributed by atoms with Crippen molar-refractivity contribution in [3.63, 3.8) is 0 Å². The van der Waals surface area contributed by atoms with Crippen molar-refractivity contribution in [1.82, 2.24) is 10.2 Å². The molecule has 0 aromatic carbocycles. The Morgan fingerprint density at radius 2 is 2.24 bits per heavy atom. The summed E-state index contributed by atoms with van der Waals surface area (Å²) in [5.74, 6) is -0.212. The average Bonchev–Trinajstić information content (AvgIpc) is 2.36. The molecule has 5 heteroatoms. The van der Waals surface area contributed by atoms with Crippen LogP contribution in [0, 0.1) is 0 Å².